The van der Waals surface area contributed by atoms with E-state index in [2.05, 4.69) is 263 Å². The fourth-order valence-corrected chi connectivity index (χ4v) is 10.3. The van der Waals surface area contributed by atoms with Crippen LogP contribution in [0.5, 0.6) is 11.5 Å². The molecule has 2 aromatic heterocycles. The molecule has 0 aliphatic carbocycles. The number of hydrogen-bond acceptors (Lipinski definition) is 4. The molecule has 0 amide bonds. The van der Waals surface area contributed by atoms with Gasteiger partial charge in [-0.1, -0.05) is 188 Å². The molecule has 0 fully saturated rings. The van der Waals surface area contributed by atoms with Gasteiger partial charge < -0.3 is 14.5 Å². The molecule has 0 unspecified atom stereocenters. The first-order valence-corrected chi connectivity index (χ1v) is 24.4. The third-order valence-corrected chi connectivity index (χ3v) is 13.8. The Kier molecular flexibility index (Phi) is 11.5. The van der Waals surface area contributed by atoms with Crippen LogP contribution in [0.25, 0.3) is 38.8 Å². The van der Waals surface area contributed by atoms with Crippen LogP contribution in [0.1, 0.15) is 119 Å². The zero-order valence-electron chi connectivity index (χ0n) is 42.9. The van der Waals surface area contributed by atoms with Crippen molar-refractivity contribution in [1.82, 2.24) is 9.55 Å². The number of hydrogen-bond donors (Lipinski definition) is 0. The van der Waals surface area contributed by atoms with Gasteiger partial charge in [-0.15, -0.1) is 0 Å². The normalized spacial score (nSPS) is 14.1. The van der Waals surface area contributed by atoms with Crippen LogP contribution in [0, 0.1) is 10.8 Å². The molecular formula is C63H70N4O. The standard InChI is InChI=1S/C63H70N4O/c1-59(2,3)45-32-33-64-55(37-45)67-53-31-22-21-30-51(53)56-52(60(4,5)6)39-50(40-54(56)67)68-49-29-23-28-47(38-49)65-41-66(58(62(10,11)12)57(65)61(7,8)9)48-35-43(42-24-17-15-18-25-42)34-46(36-48)63(13,14)44-26-19-16-20-27-44/h15-40H,41H2,1-14H3. The Bertz CT molecular complexity index is 3180. The smallest absolute Gasteiger partial charge is 0.137 e. The Balaban J connectivity index is 1.17. The van der Waals surface area contributed by atoms with Crippen LogP contribution >= 0.6 is 0 Å². The number of benzene rings is 6. The molecule has 68 heavy (non-hydrogen) atoms. The number of fused-ring (bicyclic) bond motifs is 3. The number of pyridine rings is 1. The average Bonchev–Trinajstić information content (AvgIpc) is 3.87. The van der Waals surface area contributed by atoms with Crippen LogP contribution in [-0.2, 0) is 16.2 Å². The maximum Gasteiger partial charge on any atom is 0.137 e. The van der Waals surface area contributed by atoms with Crippen molar-refractivity contribution in [2.45, 2.75) is 113 Å². The largest absolute Gasteiger partial charge is 0.457 e. The molecular weight excluding hydrogens is 829 g/mol. The van der Waals surface area contributed by atoms with Crippen LogP contribution in [0.4, 0.5) is 11.4 Å². The van der Waals surface area contributed by atoms with Gasteiger partial charge in [0.25, 0.3) is 0 Å². The fraction of sp³-hybridized carbons (Fsp3) is 0.317. The van der Waals surface area contributed by atoms with Gasteiger partial charge >= 0.3 is 0 Å². The predicted molar refractivity (Wildman–Crippen MR) is 289 cm³/mol. The van der Waals surface area contributed by atoms with E-state index in [0.717, 1.165) is 34.0 Å². The molecule has 0 spiro atoms. The number of aromatic nitrogens is 2. The van der Waals surface area contributed by atoms with E-state index >= 15 is 0 Å². The van der Waals surface area contributed by atoms with Gasteiger partial charge in [0, 0.05) is 68.1 Å². The minimum absolute atomic E-state index is 0.0250. The van der Waals surface area contributed by atoms with Crippen molar-refractivity contribution >= 4 is 33.2 Å². The summed E-state index contributed by atoms with van der Waals surface area (Å²) in [4.78, 5) is 10.1. The Morgan fingerprint density at radius 2 is 1.07 bits per heavy atom. The Labute approximate surface area is 406 Å². The van der Waals surface area contributed by atoms with E-state index in [1.165, 1.54) is 61.2 Å². The highest BCUT2D eigenvalue weighted by molar-refractivity contribution is 6.11. The molecule has 0 saturated carbocycles. The molecule has 6 aromatic carbocycles. The van der Waals surface area contributed by atoms with E-state index in [4.69, 9.17) is 9.72 Å². The van der Waals surface area contributed by atoms with E-state index in [0.29, 0.717) is 6.67 Å². The van der Waals surface area contributed by atoms with Gasteiger partial charge in [0.15, 0.2) is 0 Å². The second kappa shape index (κ2) is 16.9. The summed E-state index contributed by atoms with van der Waals surface area (Å²) in [7, 11) is 0. The summed E-state index contributed by atoms with van der Waals surface area (Å²) in [6.07, 6.45) is 1.95. The third-order valence-electron chi connectivity index (χ3n) is 13.8. The number of ether oxygens (including phenoxy) is 1. The maximum atomic E-state index is 7.08. The molecule has 0 N–H and O–H groups in total. The van der Waals surface area contributed by atoms with E-state index < -0.39 is 0 Å². The highest BCUT2D eigenvalue weighted by Gasteiger charge is 2.42. The van der Waals surface area contributed by atoms with Crippen molar-refractivity contribution < 1.29 is 4.74 Å². The van der Waals surface area contributed by atoms with E-state index in [1.807, 2.05) is 6.20 Å². The third kappa shape index (κ3) is 8.73. The molecule has 1 aliphatic rings. The van der Waals surface area contributed by atoms with Crippen molar-refractivity contribution in [3.63, 3.8) is 0 Å². The number of nitrogens with zero attached hydrogens (tertiary/aromatic N) is 4. The summed E-state index contributed by atoms with van der Waals surface area (Å²) < 4.78 is 9.41. The van der Waals surface area contributed by atoms with E-state index in [-0.39, 0.29) is 27.1 Å². The lowest BCUT2D eigenvalue weighted by Gasteiger charge is -2.35. The van der Waals surface area contributed by atoms with Gasteiger partial charge in [-0.05, 0) is 92.7 Å². The van der Waals surface area contributed by atoms with Gasteiger partial charge in [0.2, 0.25) is 0 Å². The molecule has 0 atom stereocenters. The quantitative estimate of drug-likeness (QED) is 0.152. The van der Waals surface area contributed by atoms with Crippen LogP contribution in [-0.4, -0.2) is 16.2 Å². The minimum atomic E-state index is -0.235. The molecule has 9 rings (SSSR count). The van der Waals surface area contributed by atoms with Crippen LogP contribution in [0.2, 0.25) is 0 Å². The first kappa shape index (κ1) is 46.5. The maximum absolute atomic E-state index is 7.08. The molecule has 3 heterocycles. The van der Waals surface area contributed by atoms with Gasteiger partial charge in [-0.3, -0.25) is 4.57 Å². The van der Waals surface area contributed by atoms with Gasteiger partial charge in [0.05, 0.1) is 17.7 Å². The first-order valence-electron chi connectivity index (χ1n) is 24.4. The second-order valence-corrected chi connectivity index (χ2v) is 23.5. The summed E-state index contributed by atoms with van der Waals surface area (Å²) in [6, 6.07) is 55.2. The number of rotatable bonds is 8. The summed E-state index contributed by atoms with van der Waals surface area (Å²) in [5.41, 5.74) is 13.8. The molecule has 0 bridgehead atoms. The summed E-state index contributed by atoms with van der Waals surface area (Å²) in [5.74, 6) is 2.49. The molecule has 0 radical (unpaired) electrons. The lowest BCUT2D eigenvalue weighted by molar-refractivity contribution is 0.444. The monoisotopic (exact) mass is 899 g/mol. The molecule has 348 valence electrons. The lowest BCUT2D eigenvalue weighted by Crippen LogP contribution is -2.31. The summed E-state index contributed by atoms with van der Waals surface area (Å²) >= 11 is 0. The molecule has 0 saturated heterocycles. The first-order chi connectivity index (χ1) is 32.0. The zero-order chi connectivity index (χ0) is 48.6. The molecule has 1 aliphatic heterocycles. The number of allylic oxidation sites excluding steroid dienone is 2. The van der Waals surface area contributed by atoms with E-state index in [9.17, 15) is 0 Å². The second-order valence-electron chi connectivity index (χ2n) is 23.5. The van der Waals surface area contributed by atoms with Crippen molar-refractivity contribution in [2.24, 2.45) is 10.8 Å². The fourth-order valence-electron chi connectivity index (χ4n) is 10.3. The Morgan fingerprint density at radius 3 is 1.72 bits per heavy atom. The zero-order valence-corrected chi connectivity index (χ0v) is 42.9. The predicted octanol–water partition coefficient (Wildman–Crippen LogP) is 17.1. The highest BCUT2D eigenvalue weighted by Crippen LogP contribution is 2.50. The average molecular weight is 899 g/mol. The Hall–Kier alpha value is -6.59. The summed E-state index contributed by atoms with van der Waals surface area (Å²) in [6.45, 7) is 33.1. The van der Waals surface area contributed by atoms with Crippen molar-refractivity contribution in [2.75, 3.05) is 16.5 Å². The minimum Gasteiger partial charge on any atom is -0.457 e. The SMILES string of the molecule is CC(C)(C)C1=C(C(C)(C)C)N(c2cc(-c3ccccc3)cc(C(C)(C)c3ccccc3)c2)CN1c1cccc(Oc2cc(C(C)(C)C)c3c4ccccc4n(-c4cc(C(C)(C)C)ccn4)c3c2)c1. The molecule has 8 aromatic rings. The van der Waals surface area contributed by atoms with Crippen LogP contribution in [0.3, 0.4) is 0 Å². The van der Waals surface area contributed by atoms with E-state index in [1.54, 1.807) is 0 Å². The summed E-state index contributed by atoms with van der Waals surface area (Å²) in [5, 5.41) is 2.44. The van der Waals surface area contributed by atoms with Gasteiger partial charge in [0.1, 0.15) is 17.3 Å². The van der Waals surface area contributed by atoms with Crippen molar-refractivity contribution in [3.8, 4) is 28.4 Å². The van der Waals surface area contributed by atoms with Crippen LogP contribution < -0.4 is 14.5 Å². The molecule has 5 heteroatoms. The number of para-hydroxylation sites is 1. The topological polar surface area (TPSA) is 33.5 Å². The van der Waals surface area contributed by atoms with Crippen LogP contribution in [0.15, 0.2) is 169 Å². The van der Waals surface area contributed by atoms with Gasteiger partial charge in [-0.2, -0.15) is 0 Å². The molecule has 5 nitrogen and oxygen atoms in total. The number of anilines is 2. The highest BCUT2D eigenvalue weighted by atomic mass is 16.5. The Morgan fingerprint density at radius 1 is 0.441 bits per heavy atom. The van der Waals surface area contributed by atoms with Crippen molar-refractivity contribution in [1.29, 1.82) is 0 Å². The lowest BCUT2D eigenvalue weighted by atomic mass is 9.77. The van der Waals surface area contributed by atoms with Gasteiger partial charge in [-0.25, -0.2) is 4.98 Å². The van der Waals surface area contributed by atoms with Crippen molar-refractivity contribution in [3.05, 3.63) is 192 Å².